The molecule has 1 saturated heterocycles. The van der Waals surface area contributed by atoms with Crippen LogP contribution in [0.2, 0.25) is 0 Å². The van der Waals surface area contributed by atoms with Crippen molar-refractivity contribution in [2.24, 2.45) is 0 Å². The zero-order valence-electron chi connectivity index (χ0n) is 18.8. The number of piperidine rings is 1. The number of aromatic nitrogens is 4. The number of hydrogen-bond donors (Lipinski definition) is 1. The quantitative estimate of drug-likeness (QED) is 0.427. The maximum absolute atomic E-state index is 12.4. The Hall–Kier alpha value is -4.20. The first kappa shape index (κ1) is 21.6. The molecule has 0 radical (unpaired) electrons. The van der Waals surface area contributed by atoms with Crippen molar-refractivity contribution in [3.8, 4) is 22.8 Å². The fraction of sp³-hybridized carbons (Fsp3) is 0.231. The number of rotatable bonds is 6. The highest BCUT2D eigenvalue weighted by molar-refractivity contribution is 5.98. The van der Waals surface area contributed by atoms with Gasteiger partial charge in [0.25, 0.3) is 0 Å². The molecule has 0 spiro atoms. The van der Waals surface area contributed by atoms with Gasteiger partial charge in [0.2, 0.25) is 5.91 Å². The van der Waals surface area contributed by atoms with Crippen LogP contribution in [0, 0.1) is 0 Å². The first-order chi connectivity index (χ1) is 16.6. The smallest absolute Gasteiger partial charge is 0.226 e. The van der Waals surface area contributed by atoms with E-state index in [1.165, 1.54) is 6.33 Å². The summed E-state index contributed by atoms with van der Waals surface area (Å²) < 4.78 is 7.82. The van der Waals surface area contributed by atoms with Crippen molar-refractivity contribution >= 4 is 22.8 Å². The fourth-order valence-electron chi connectivity index (χ4n) is 4.39. The van der Waals surface area contributed by atoms with Gasteiger partial charge in [-0.25, -0.2) is 14.6 Å². The lowest BCUT2D eigenvalue weighted by Gasteiger charge is -2.32. The molecule has 172 valence electrons. The number of hydrogen-bond acceptors (Lipinski definition) is 6. The number of carbonyl (C=O) groups excluding carboxylic acids is 1. The van der Waals surface area contributed by atoms with Crippen LogP contribution < -0.4 is 10.5 Å². The molecule has 2 N–H and O–H groups in total. The number of likely N-dealkylation sites (tertiary alicyclic amines) is 1. The second kappa shape index (κ2) is 9.35. The third kappa shape index (κ3) is 4.22. The number of amides is 1. The van der Waals surface area contributed by atoms with Gasteiger partial charge in [0.15, 0.2) is 5.65 Å². The Bertz CT molecular complexity index is 1320. The molecule has 1 aliphatic heterocycles. The van der Waals surface area contributed by atoms with Gasteiger partial charge >= 0.3 is 0 Å². The van der Waals surface area contributed by atoms with Crippen LogP contribution in [0.4, 0.5) is 5.82 Å². The Labute approximate surface area is 197 Å². The normalized spacial score (nSPS) is 15.9. The summed E-state index contributed by atoms with van der Waals surface area (Å²) in [6, 6.07) is 17.4. The van der Waals surface area contributed by atoms with Crippen molar-refractivity contribution in [1.82, 2.24) is 24.6 Å². The summed E-state index contributed by atoms with van der Waals surface area (Å²) in [6.07, 6.45) is 5.24. The summed E-state index contributed by atoms with van der Waals surface area (Å²) in [5.74, 6) is 1.97. The van der Waals surface area contributed by atoms with Gasteiger partial charge in [0.1, 0.15) is 29.3 Å². The van der Waals surface area contributed by atoms with Crippen molar-refractivity contribution in [2.45, 2.75) is 25.3 Å². The van der Waals surface area contributed by atoms with Crippen LogP contribution >= 0.6 is 0 Å². The molecular formula is C26H26N6O2. The van der Waals surface area contributed by atoms with Crippen molar-refractivity contribution < 1.29 is 9.53 Å². The Morgan fingerprint density at radius 1 is 1.12 bits per heavy atom. The van der Waals surface area contributed by atoms with Crippen molar-refractivity contribution in [2.75, 3.05) is 18.8 Å². The van der Waals surface area contributed by atoms with Crippen LogP contribution in [0.3, 0.4) is 0 Å². The number of nitrogens with zero attached hydrogens (tertiary/aromatic N) is 5. The SMILES string of the molecule is C=CCC(=O)N1CCC[C@@H](n2nc(-c3ccc(Oc4ccccc4)cc3)c3c(N)ncnc32)C1. The van der Waals surface area contributed by atoms with Crippen LogP contribution in [0.5, 0.6) is 11.5 Å². The van der Waals surface area contributed by atoms with Gasteiger partial charge in [-0.05, 0) is 49.2 Å². The summed E-state index contributed by atoms with van der Waals surface area (Å²) in [6.45, 7) is 5.01. The van der Waals surface area contributed by atoms with E-state index in [0.717, 1.165) is 36.4 Å². The molecule has 0 unspecified atom stereocenters. The van der Waals surface area contributed by atoms with E-state index in [9.17, 15) is 4.79 Å². The molecule has 34 heavy (non-hydrogen) atoms. The van der Waals surface area contributed by atoms with Crippen LogP contribution in [0.15, 0.2) is 73.6 Å². The standard InChI is InChI=1S/C26H26N6O2/c1-2-7-22(33)31-15-6-8-19(16-31)32-26-23(25(27)28-17-29-26)24(30-32)18-11-13-21(14-12-18)34-20-9-4-3-5-10-20/h2-5,9-14,17,19H,1,6-8,15-16H2,(H2,27,28,29)/t19-/m1/s1. The predicted octanol–water partition coefficient (Wildman–Crippen LogP) is 4.61. The zero-order valence-corrected chi connectivity index (χ0v) is 18.8. The fourth-order valence-corrected chi connectivity index (χ4v) is 4.39. The Balaban J connectivity index is 1.48. The number of para-hydroxylation sites is 1. The summed E-state index contributed by atoms with van der Waals surface area (Å²) >= 11 is 0. The number of fused-ring (bicyclic) bond motifs is 1. The van der Waals surface area contributed by atoms with Crippen LogP contribution in [-0.4, -0.2) is 43.6 Å². The van der Waals surface area contributed by atoms with E-state index in [2.05, 4.69) is 16.5 Å². The molecule has 4 aromatic rings. The minimum atomic E-state index is 0.00810. The molecule has 1 fully saturated rings. The van der Waals surface area contributed by atoms with E-state index in [4.69, 9.17) is 15.6 Å². The second-order valence-electron chi connectivity index (χ2n) is 8.32. The third-order valence-corrected chi connectivity index (χ3v) is 6.04. The van der Waals surface area contributed by atoms with Crippen molar-refractivity contribution in [3.63, 3.8) is 0 Å². The molecule has 1 aliphatic rings. The van der Waals surface area contributed by atoms with Gasteiger partial charge in [-0.3, -0.25) is 4.79 Å². The number of benzene rings is 2. The van der Waals surface area contributed by atoms with E-state index in [0.29, 0.717) is 35.5 Å². The molecule has 8 nitrogen and oxygen atoms in total. The molecule has 1 amide bonds. The highest BCUT2D eigenvalue weighted by Crippen LogP contribution is 2.34. The topological polar surface area (TPSA) is 99.2 Å². The van der Waals surface area contributed by atoms with Gasteiger partial charge < -0.3 is 15.4 Å². The van der Waals surface area contributed by atoms with E-state index in [1.807, 2.05) is 64.2 Å². The molecule has 2 aromatic heterocycles. The summed E-state index contributed by atoms with van der Waals surface area (Å²) in [5, 5.41) is 5.65. The molecule has 1 atom stereocenters. The predicted molar refractivity (Wildman–Crippen MR) is 131 cm³/mol. The van der Waals surface area contributed by atoms with Crippen LogP contribution in [0.1, 0.15) is 25.3 Å². The van der Waals surface area contributed by atoms with E-state index >= 15 is 0 Å². The number of nitrogens with two attached hydrogens (primary N) is 1. The van der Waals surface area contributed by atoms with Crippen LogP contribution in [0.25, 0.3) is 22.3 Å². The molecule has 0 saturated carbocycles. The maximum Gasteiger partial charge on any atom is 0.226 e. The van der Waals surface area contributed by atoms with Gasteiger partial charge in [0, 0.05) is 25.1 Å². The molecule has 2 aromatic carbocycles. The largest absolute Gasteiger partial charge is 0.457 e. The van der Waals surface area contributed by atoms with Crippen molar-refractivity contribution in [3.05, 3.63) is 73.6 Å². The van der Waals surface area contributed by atoms with Crippen LogP contribution in [-0.2, 0) is 4.79 Å². The molecule has 3 heterocycles. The second-order valence-corrected chi connectivity index (χ2v) is 8.32. The molecule has 0 aliphatic carbocycles. The number of anilines is 1. The lowest BCUT2D eigenvalue weighted by Crippen LogP contribution is -2.40. The molecule has 0 bridgehead atoms. The molecule has 5 rings (SSSR count). The number of carbonyl (C=O) groups is 1. The summed E-state index contributed by atoms with van der Waals surface area (Å²) in [5.41, 5.74) is 8.56. The lowest BCUT2D eigenvalue weighted by molar-refractivity contribution is -0.131. The zero-order chi connectivity index (χ0) is 23.5. The average Bonchev–Trinajstić information content (AvgIpc) is 3.26. The first-order valence-electron chi connectivity index (χ1n) is 11.3. The minimum Gasteiger partial charge on any atom is -0.457 e. The minimum absolute atomic E-state index is 0.00810. The van der Waals surface area contributed by atoms with Gasteiger partial charge in [-0.1, -0.05) is 24.3 Å². The first-order valence-corrected chi connectivity index (χ1v) is 11.3. The van der Waals surface area contributed by atoms with Crippen molar-refractivity contribution in [1.29, 1.82) is 0 Å². The summed E-state index contributed by atoms with van der Waals surface area (Å²) in [4.78, 5) is 23.0. The van der Waals surface area contributed by atoms with E-state index in [-0.39, 0.29) is 11.9 Å². The third-order valence-electron chi connectivity index (χ3n) is 6.04. The average molecular weight is 455 g/mol. The maximum atomic E-state index is 12.4. The summed E-state index contributed by atoms with van der Waals surface area (Å²) in [7, 11) is 0. The highest BCUT2D eigenvalue weighted by atomic mass is 16.5. The van der Waals surface area contributed by atoms with Gasteiger partial charge in [0.05, 0.1) is 11.4 Å². The number of nitrogen functional groups attached to an aromatic ring is 1. The lowest BCUT2D eigenvalue weighted by atomic mass is 10.1. The Morgan fingerprint density at radius 2 is 1.88 bits per heavy atom. The van der Waals surface area contributed by atoms with E-state index < -0.39 is 0 Å². The number of ether oxygens (including phenoxy) is 1. The Kier molecular flexibility index (Phi) is 5.95. The highest BCUT2D eigenvalue weighted by Gasteiger charge is 2.28. The van der Waals surface area contributed by atoms with E-state index in [1.54, 1.807) is 6.08 Å². The molecule has 8 heteroatoms. The molecular weight excluding hydrogens is 428 g/mol. The van der Waals surface area contributed by atoms with Gasteiger partial charge in [-0.15, -0.1) is 6.58 Å². The monoisotopic (exact) mass is 454 g/mol. The Morgan fingerprint density at radius 3 is 2.65 bits per heavy atom. The van der Waals surface area contributed by atoms with Gasteiger partial charge in [-0.2, -0.15) is 5.10 Å².